The van der Waals surface area contributed by atoms with Crippen LogP contribution < -0.4 is 26.2 Å². The summed E-state index contributed by atoms with van der Waals surface area (Å²) in [5, 5.41) is 1.27. The number of fused-ring (bicyclic) bond motifs is 10. The molecule has 13 rings (SSSR count). The van der Waals surface area contributed by atoms with Crippen LogP contribution in [0.15, 0.2) is 89.3 Å². The number of hydrogen-bond donors (Lipinski definition) is 0. The molecule has 416 valence electrons. The summed E-state index contributed by atoms with van der Waals surface area (Å²) < 4.78 is 7.77. The van der Waals surface area contributed by atoms with Gasteiger partial charge < -0.3 is 9.32 Å². The van der Waals surface area contributed by atoms with Gasteiger partial charge in [0.1, 0.15) is 5.58 Å². The summed E-state index contributed by atoms with van der Waals surface area (Å²) >= 11 is 0. The zero-order valence-electron chi connectivity index (χ0n) is 53.1. The van der Waals surface area contributed by atoms with Crippen molar-refractivity contribution in [1.82, 2.24) is 0 Å². The molecule has 0 N–H and O–H groups in total. The van der Waals surface area contributed by atoms with E-state index >= 15 is 0 Å². The maximum atomic E-state index is 7.77. The third kappa shape index (κ3) is 7.70. The lowest BCUT2D eigenvalue weighted by atomic mass is 9.33. The second-order valence-corrected chi connectivity index (χ2v) is 32.9. The third-order valence-electron chi connectivity index (χ3n) is 22.5. The summed E-state index contributed by atoms with van der Waals surface area (Å²) in [6, 6.07) is 35.5. The monoisotopic (exact) mass is 1060 g/mol. The Morgan fingerprint density at radius 3 is 1.48 bits per heavy atom. The van der Waals surface area contributed by atoms with Crippen LogP contribution in [0.5, 0.6) is 0 Å². The number of benzene rings is 6. The molecule has 7 aromatic rings. The van der Waals surface area contributed by atoms with Crippen LogP contribution in [0.4, 0.5) is 34.3 Å². The number of nitrogens with zero attached hydrogens (tertiary/aromatic N) is 2. The van der Waals surface area contributed by atoms with Gasteiger partial charge in [0.2, 0.25) is 5.88 Å². The minimum Gasteiger partial charge on any atom is -0.440 e. The Bertz CT molecular complexity index is 3800. The predicted octanol–water partition coefficient (Wildman–Crippen LogP) is 19.5. The molecule has 80 heavy (non-hydrogen) atoms. The minimum absolute atomic E-state index is 0.00120. The fourth-order valence-corrected chi connectivity index (χ4v) is 16.7. The molecule has 1 aromatic heterocycles. The molecule has 3 heterocycles. The van der Waals surface area contributed by atoms with E-state index < -0.39 is 0 Å². The Labute approximate surface area is 482 Å². The van der Waals surface area contributed by atoms with Crippen LogP contribution >= 0.6 is 0 Å². The molecular weight excluding hydrogens is 968 g/mol. The van der Waals surface area contributed by atoms with Crippen LogP contribution in [-0.2, 0) is 48.7 Å². The highest BCUT2D eigenvalue weighted by molar-refractivity contribution is 7.01. The molecule has 0 bridgehead atoms. The lowest BCUT2D eigenvalue weighted by Crippen LogP contribution is -2.61. The number of furan rings is 1. The fraction of sp³-hybridized carbons (Fsp3) is 0.500. The van der Waals surface area contributed by atoms with Crippen LogP contribution in [-0.4, -0.2) is 6.71 Å². The lowest BCUT2D eigenvalue weighted by Gasteiger charge is -2.48. The normalized spacial score (nSPS) is 21.6. The van der Waals surface area contributed by atoms with Crippen molar-refractivity contribution in [3.63, 3.8) is 0 Å². The first-order valence-corrected chi connectivity index (χ1v) is 31.0. The van der Waals surface area contributed by atoms with E-state index in [-0.39, 0.29) is 55.4 Å². The van der Waals surface area contributed by atoms with Crippen LogP contribution in [0, 0.1) is 13.8 Å². The molecule has 0 fully saturated rings. The maximum Gasteiger partial charge on any atom is 0.257 e. The maximum absolute atomic E-state index is 7.77. The predicted molar refractivity (Wildman–Crippen MR) is 345 cm³/mol. The van der Waals surface area contributed by atoms with Crippen molar-refractivity contribution >= 4 is 68.4 Å². The molecule has 0 amide bonds. The summed E-state index contributed by atoms with van der Waals surface area (Å²) in [6.45, 7) is 51.7. The summed E-state index contributed by atoms with van der Waals surface area (Å²) in [6.07, 6.45) is 9.27. The highest BCUT2D eigenvalue weighted by Gasteiger charge is 2.51. The zero-order chi connectivity index (χ0) is 57.4. The van der Waals surface area contributed by atoms with E-state index in [0.717, 1.165) is 56.4 Å². The van der Waals surface area contributed by atoms with Gasteiger partial charge in [0.15, 0.2) is 0 Å². The first-order valence-electron chi connectivity index (χ1n) is 31.0. The van der Waals surface area contributed by atoms with Crippen molar-refractivity contribution in [1.29, 1.82) is 0 Å². The molecule has 4 aliphatic carbocycles. The smallest absolute Gasteiger partial charge is 0.257 e. The average Bonchev–Trinajstić information content (AvgIpc) is 3.93. The van der Waals surface area contributed by atoms with Gasteiger partial charge in [-0.25, -0.2) is 0 Å². The van der Waals surface area contributed by atoms with Crippen LogP contribution in [0.3, 0.4) is 0 Å². The van der Waals surface area contributed by atoms with Gasteiger partial charge in [0.25, 0.3) is 6.71 Å². The molecule has 0 unspecified atom stereocenters. The van der Waals surface area contributed by atoms with Gasteiger partial charge in [-0.2, -0.15) is 0 Å². The SMILES string of the molecule is Cc1cc2c3c(c1)N(c1c(-c4ccc(C(C)(C)C)cc4)cc4c(c1C)C(C)(C)CCC4(C)C)c1cc4c(cc1B3c1c(oc3cc5c(cc13)C(C)(C)CCC5(C)C)N2c1ccc2c(c1)C(C)(C)CCC2(C)C)C(C)(C)CCC4(C)C. The Kier molecular flexibility index (Phi) is 11.2. The van der Waals surface area contributed by atoms with Gasteiger partial charge in [-0.05, 0) is 240 Å². The van der Waals surface area contributed by atoms with Gasteiger partial charge in [0.05, 0.1) is 5.69 Å². The summed E-state index contributed by atoms with van der Waals surface area (Å²) in [5.74, 6) is 0.977. The Morgan fingerprint density at radius 2 is 0.912 bits per heavy atom. The van der Waals surface area contributed by atoms with Crippen molar-refractivity contribution in [3.8, 4) is 11.1 Å². The molecule has 0 spiro atoms. The Balaban J connectivity index is 1.20. The molecular formula is C76H93BN2O. The van der Waals surface area contributed by atoms with Crippen molar-refractivity contribution < 1.29 is 4.42 Å². The standard InChI is InChI=1S/C76H93BN2O/c1-44-36-60-65-61(37-44)79(66-45(2)63-57(75(18,19)34-35-76(63,20)21)39-49(66)46-22-24-47(25-23-46)68(3,4)5)59-42-55-54(72(12,13)31-32-73(55,14)15)41-58(59)77(65)64-50-40-53-56(74(16,17)33-30-71(53,10)11)43-62(50)80-67(64)78(60)48-26-27-51-52(38-48)70(8,9)29-28-69(51,6)7/h22-27,36-43H,28-35H2,1-21H3. The largest absolute Gasteiger partial charge is 0.440 e. The summed E-state index contributed by atoms with van der Waals surface area (Å²) in [4.78, 5) is 5.42. The quantitative estimate of drug-likeness (QED) is 0.164. The first-order chi connectivity index (χ1) is 37.0. The summed E-state index contributed by atoms with van der Waals surface area (Å²) in [5.41, 5.74) is 30.2. The van der Waals surface area contributed by atoms with E-state index in [1.165, 1.54) is 129 Å². The molecule has 6 aromatic carbocycles. The topological polar surface area (TPSA) is 19.6 Å². The number of hydrogen-bond acceptors (Lipinski definition) is 3. The lowest BCUT2D eigenvalue weighted by molar-refractivity contribution is 0.330. The van der Waals surface area contributed by atoms with Crippen molar-refractivity contribution in [2.24, 2.45) is 0 Å². The van der Waals surface area contributed by atoms with E-state index in [1.54, 1.807) is 0 Å². The van der Waals surface area contributed by atoms with Gasteiger partial charge in [0, 0.05) is 39.2 Å². The average molecular weight is 1060 g/mol. The van der Waals surface area contributed by atoms with Gasteiger partial charge in [-0.3, -0.25) is 4.90 Å². The van der Waals surface area contributed by atoms with Crippen LogP contribution in [0.2, 0.25) is 0 Å². The molecule has 0 saturated heterocycles. The van der Waals surface area contributed by atoms with Crippen molar-refractivity contribution in [3.05, 3.63) is 146 Å². The van der Waals surface area contributed by atoms with Crippen LogP contribution in [0.1, 0.15) is 244 Å². The summed E-state index contributed by atoms with van der Waals surface area (Å²) in [7, 11) is 0. The van der Waals surface area contributed by atoms with Crippen molar-refractivity contribution in [2.45, 2.75) is 245 Å². The molecule has 0 radical (unpaired) electrons. The Morgan fingerprint density at radius 1 is 0.438 bits per heavy atom. The van der Waals surface area contributed by atoms with E-state index in [0.29, 0.717) is 0 Å². The molecule has 6 aliphatic rings. The molecule has 3 nitrogen and oxygen atoms in total. The number of anilines is 6. The van der Waals surface area contributed by atoms with E-state index in [2.05, 4.69) is 240 Å². The number of rotatable bonds is 3. The fourth-order valence-electron chi connectivity index (χ4n) is 16.7. The minimum atomic E-state index is -0.0842. The third-order valence-corrected chi connectivity index (χ3v) is 22.5. The van der Waals surface area contributed by atoms with Crippen LogP contribution in [0.25, 0.3) is 22.1 Å². The zero-order valence-corrected chi connectivity index (χ0v) is 53.1. The van der Waals surface area contributed by atoms with Gasteiger partial charge >= 0.3 is 0 Å². The highest BCUT2D eigenvalue weighted by Crippen LogP contribution is 2.58. The van der Waals surface area contributed by atoms with Gasteiger partial charge in [-0.15, -0.1) is 0 Å². The molecule has 0 atom stereocenters. The van der Waals surface area contributed by atoms with E-state index in [4.69, 9.17) is 4.42 Å². The first kappa shape index (κ1) is 53.8. The highest BCUT2D eigenvalue weighted by atomic mass is 16.4. The molecule has 0 saturated carbocycles. The van der Waals surface area contributed by atoms with Crippen molar-refractivity contribution in [2.75, 3.05) is 9.80 Å². The molecule has 2 aliphatic heterocycles. The second-order valence-electron chi connectivity index (χ2n) is 32.9. The number of aryl methyl sites for hydroxylation is 1. The second kappa shape index (κ2) is 16.6. The van der Waals surface area contributed by atoms with Gasteiger partial charge in [-0.1, -0.05) is 168 Å². The van der Waals surface area contributed by atoms with E-state index in [1.807, 2.05) is 0 Å². The Hall–Kier alpha value is -5.48. The molecule has 4 heteroatoms. The van der Waals surface area contributed by atoms with E-state index in [9.17, 15) is 0 Å².